The molecule has 1 aromatic heterocycles. The minimum Gasteiger partial charge on any atom is -0.339 e. The van der Waals surface area contributed by atoms with Crippen molar-refractivity contribution in [1.29, 1.82) is 0 Å². The van der Waals surface area contributed by atoms with Crippen LogP contribution in [-0.4, -0.2) is 57.7 Å². The summed E-state index contributed by atoms with van der Waals surface area (Å²) >= 11 is 0. The Labute approximate surface area is 159 Å². The quantitative estimate of drug-likeness (QED) is 0.821. The monoisotopic (exact) mass is 366 g/mol. The second-order valence-corrected chi connectivity index (χ2v) is 7.55. The zero-order valence-corrected chi connectivity index (χ0v) is 15.8. The maximum atomic E-state index is 12.6. The molecule has 4 rings (SSSR count). The van der Waals surface area contributed by atoms with Gasteiger partial charge in [0, 0.05) is 38.3 Å². The van der Waals surface area contributed by atoms with Crippen LogP contribution >= 0.6 is 0 Å². The van der Waals surface area contributed by atoms with Gasteiger partial charge >= 0.3 is 0 Å². The molecule has 6 heteroatoms. The number of rotatable bonds is 3. The van der Waals surface area contributed by atoms with Crippen LogP contribution in [0, 0.1) is 6.92 Å². The van der Waals surface area contributed by atoms with Gasteiger partial charge in [0.15, 0.2) is 0 Å². The summed E-state index contributed by atoms with van der Waals surface area (Å²) in [6.45, 7) is 5.08. The normalized spacial score (nSPS) is 20.3. The fraction of sp³-hybridized carbons (Fsp3) is 0.476. The standard InChI is InChI=1S/C21H26N4O2/c1-16-6-9-20(26)25(22-16)15-21(27)24-12-10-23(11-13-24)19-8-7-17-4-2-3-5-18(17)14-19/h2-6,9,19H,7-8,10-15H2,1H3. The van der Waals surface area contributed by atoms with Crippen molar-refractivity contribution in [3.05, 3.63) is 63.6 Å². The molecule has 1 aliphatic carbocycles. The number of hydrogen-bond donors (Lipinski definition) is 0. The molecule has 1 amide bonds. The Morgan fingerprint density at radius 3 is 2.59 bits per heavy atom. The maximum Gasteiger partial charge on any atom is 0.267 e. The highest BCUT2D eigenvalue weighted by molar-refractivity contribution is 5.76. The Kier molecular flexibility index (Phi) is 5.07. The Morgan fingerprint density at radius 2 is 1.81 bits per heavy atom. The molecular weight excluding hydrogens is 340 g/mol. The van der Waals surface area contributed by atoms with Gasteiger partial charge in [0.1, 0.15) is 6.54 Å². The minimum absolute atomic E-state index is 0.0242. The molecule has 2 aliphatic rings. The number of piperazine rings is 1. The smallest absolute Gasteiger partial charge is 0.267 e. The summed E-state index contributed by atoms with van der Waals surface area (Å²) in [5.74, 6) is -0.0242. The number of amides is 1. The first-order valence-electron chi connectivity index (χ1n) is 9.73. The molecule has 1 aromatic carbocycles. The van der Waals surface area contributed by atoms with Crippen LogP contribution in [0.1, 0.15) is 23.2 Å². The van der Waals surface area contributed by atoms with E-state index < -0.39 is 0 Å². The Hall–Kier alpha value is -2.47. The second-order valence-electron chi connectivity index (χ2n) is 7.55. The third kappa shape index (κ3) is 3.95. The SMILES string of the molecule is Cc1ccc(=O)n(CC(=O)N2CCN(C3CCc4ccccc4C3)CC2)n1. The molecule has 0 saturated carbocycles. The fourth-order valence-corrected chi connectivity index (χ4v) is 4.22. The largest absolute Gasteiger partial charge is 0.339 e. The van der Waals surface area contributed by atoms with Gasteiger partial charge in [-0.1, -0.05) is 24.3 Å². The molecular formula is C21H26N4O2. The van der Waals surface area contributed by atoms with Crippen LogP contribution in [0.3, 0.4) is 0 Å². The van der Waals surface area contributed by atoms with E-state index in [-0.39, 0.29) is 18.0 Å². The second kappa shape index (κ2) is 7.64. The molecule has 1 fully saturated rings. The van der Waals surface area contributed by atoms with Crippen LogP contribution in [0.4, 0.5) is 0 Å². The van der Waals surface area contributed by atoms with Gasteiger partial charge in [-0.3, -0.25) is 14.5 Å². The van der Waals surface area contributed by atoms with Crippen molar-refractivity contribution in [3.8, 4) is 0 Å². The number of fused-ring (bicyclic) bond motifs is 1. The average Bonchev–Trinajstić information content (AvgIpc) is 2.70. The molecule has 142 valence electrons. The first kappa shape index (κ1) is 17.9. The van der Waals surface area contributed by atoms with Gasteiger partial charge in [-0.2, -0.15) is 5.10 Å². The van der Waals surface area contributed by atoms with Crippen LogP contribution in [-0.2, 0) is 24.2 Å². The van der Waals surface area contributed by atoms with Crippen molar-refractivity contribution in [1.82, 2.24) is 19.6 Å². The van der Waals surface area contributed by atoms with E-state index in [1.807, 2.05) is 11.8 Å². The molecule has 27 heavy (non-hydrogen) atoms. The highest BCUT2D eigenvalue weighted by atomic mass is 16.2. The molecule has 2 heterocycles. The first-order chi connectivity index (χ1) is 13.1. The molecule has 1 saturated heterocycles. The third-order valence-electron chi connectivity index (χ3n) is 5.79. The van der Waals surface area contributed by atoms with E-state index in [9.17, 15) is 9.59 Å². The lowest BCUT2D eigenvalue weighted by molar-refractivity contribution is -0.134. The molecule has 0 spiro atoms. The van der Waals surface area contributed by atoms with Crippen LogP contribution < -0.4 is 5.56 Å². The summed E-state index contributed by atoms with van der Waals surface area (Å²) < 4.78 is 1.27. The summed E-state index contributed by atoms with van der Waals surface area (Å²) in [4.78, 5) is 28.8. The van der Waals surface area contributed by atoms with Crippen LogP contribution in [0.15, 0.2) is 41.2 Å². The number of hydrogen-bond acceptors (Lipinski definition) is 4. The van der Waals surface area contributed by atoms with Crippen molar-refractivity contribution in [3.63, 3.8) is 0 Å². The lowest BCUT2D eigenvalue weighted by atomic mass is 9.87. The number of aromatic nitrogens is 2. The van der Waals surface area contributed by atoms with E-state index in [1.165, 1.54) is 28.3 Å². The van der Waals surface area contributed by atoms with E-state index >= 15 is 0 Å². The van der Waals surface area contributed by atoms with Crippen LogP contribution in [0.2, 0.25) is 0 Å². The molecule has 1 aliphatic heterocycles. The van der Waals surface area contributed by atoms with E-state index in [4.69, 9.17) is 0 Å². The van der Waals surface area contributed by atoms with Gasteiger partial charge in [-0.25, -0.2) is 4.68 Å². The number of carbonyl (C=O) groups excluding carboxylic acids is 1. The number of carbonyl (C=O) groups is 1. The highest BCUT2D eigenvalue weighted by Crippen LogP contribution is 2.25. The minimum atomic E-state index is -0.228. The molecule has 2 aromatic rings. The lowest BCUT2D eigenvalue weighted by Crippen LogP contribution is -2.53. The summed E-state index contributed by atoms with van der Waals surface area (Å²) in [6.07, 6.45) is 3.43. The predicted octanol–water partition coefficient (Wildman–Crippen LogP) is 1.25. The van der Waals surface area contributed by atoms with Gasteiger partial charge in [0.05, 0.1) is 5.69 Å². The fourth-order valence-electron chi connectivity index (χ4n) is 4.22. The van der Waals surface area contributed by atoms with Crippen LogP contribution in [0.5, 0.6) is 0 Å². The lowest BCUT2D eigenvalue weighted by Gasteiger charge is -2.41. The van der Waals surface area contributed by atoms with Gasteiger partial charge in [0.2, 0.25) is 5.91 Å². The first-order valence-corrected chi connectivity index (χ1v) is 9.73. The van der Waals surface area contributed by atoms with E-state index in [0.717, 1.165) is 44.7 Å². The third-order valence-corrected chi connectivity index (χ3v) is 5.79. The zero-order chi connectivity index (χ0) is 18.8. The summed E-state index contributed by atoms with van der Waals surface area (Å²) in [5, 5.41) is 4.16. The molecule has 0 N–H and O–H groups in total. The summed E-state index contributed by atoms with van der Waals surface area (Å²) in [5.41, 5.74) is 3.47. The van der Waals surface area contributed by atoms with Crippen molar-refractivity contribution in [2.75, 3.05) is 26.2 Å². The number of nitrogens with zero attached hydrogens (tertiary/aromatic N) is 4. The van der Waals surface area contributed by atoms with Crippen LogP contribution in [0.25, 0.3) is 0 Å². The summed E-state index contributed by atoms with van der Waals surface area (Å²) in [6, 6.07) is 12.4. The van der Waals surface area contributed by atoms with Gasteiger partial charge in [-0.15, -0.1) is 0 Å². The molecule has 0 radical (unpaired) electrons. The van der Waals surface area contributed by atoms with Gasteiger partial charge < -0.3 is 4.90 Å². The predicted molar refractivity (Wildman–Crippen MR) is 104 cm³/mol. The number of aryl methyl sites for hydroxylation is 2. The Balaban J connectivity index is 1.33. The zero-order valence-electron chi connectivity index (χ0n) is 15.8. The van der Waals surface area contributed by atoms with Gasteiger partial charge in [-0.05, 0) is 43.4 Å². The average molecular weight is 366 g/mol. The molecule has 1 unspecified atom stereocenters. The van der Waals surface area contributed by atoms with E-state index in [0.29, 0.717) is 6.04 Å². The van der Waals surface area contributed by atoms with Gasteiger partial charge in [0.25, 0.3) is 5.56 Å². The summed E-state index contributed by atoms with van der Waals surface area (Å²) in [7, 11) is 0. The van der Waals surface area contributed by atoms with Crippen molar-refractivity contribution >= 4 is 5.91 Å². The Bertz CT molecular complexity index is 884. The molecule has 1 atom stereocenters. The Morgan fingerprint density at radius 1 is 1.07 bits per heavy atom. The van der Waals surface area contributed by atoms with Crippen molar-refractivity contribution < 1.29 is 4.79 Å². The van der Waals surface area contributed by atoms with Crippen molar-refractivity contribution in [2.24, 2.45) is 0 Å². The maximum absolute atomic E-state index is 12.6. The number of benzene rings is 1. The molecule has 0 bridgehead atoms. The van der Waals surface area contributed by atoms with E-state index in [1.54, 1.807) is 6.07 Å². The van der Waals surface area contributed by atoms with Crippen molar-refractivity contribution in [2.45, 2.75) is 38.8 Å². The highest BCUT2D eigenvalue weighted by Gasteiger charge is 2.28. The topological polar surface area (TPSA) is 58.4 Å². The molecule has 6 nitrogen and oxygen atoms in total. The van der Waals surface area contributed by atoms with E-state index in [2.05, 4.69) is 34.3 Å².